The predicted octanol–water partition coefficient (Wildman–Crippen LogP) is 6.76. The Bertz CT molecular complexity index is 1230. The fourth-order valence-electron chi connectivity index (χ4n) is 3.73. The molecule has 2 aromatic carbocycles. The molecule has 1 N–H and O–H groups in total. The minimum atomic E-state index is -0.319. The van der Waals surface area contributed by atoms with Crippen LogP contribution >= 0.6 is 23.2 Å². The summed E-state index contributed by atoms with van der Waals surface area (Å²) in [5.74, 6) is 0.623. The van der Waals surface area contributed by atoms with Crippen LogP contribution in [0, 0.1) is 0 Å². The number of methoxy groups -OCH3 is 1. The minimum absolute atomic E-state index is 0.0913. The van der Waals surface area contributed by atoms with Gasteiger partial charge in [-0.3, -0.25) is 9.59 Å². The maximum Gasteiger partial charge on any atom is 0.254 e. The smallest absolute Gasteiger partial charge is 0.254 e. The third-order valence-corrected chi connectivity index (χ3v) is 6.62. The first-order valence-electron chi connectivity index (χ1n) is 12.3. The van der Waals surface area contributed by atoms with Crippen molar-refractivity contribution in [2.45, 2.75) is 52.4 Å². The maximum absolute atomic E-state index is 13.3. The maximum atomic E-state index is 13.3. The molecule has 0 bridgehead atoms. The van der Waals surface area contributed by atoms with E-state index >= 15 is 0 Å². The van der Waals surface area contributed by atoms with E-state index in [-0.39, 0.29) is 23.8 Å². The van der Waals surface area contributed by atoms with Crippen LogP contribution in [0.2, 0.25) is 10.0 Å². The molecule has 0 radical (unpaired) electrons. The highest BCUT2D eigenvalue weighted by atomic mass is 35.5. The van der Waals surface area contributed by atoms with Gasteiger partial charge in [0.15, 0.2) is 0 Å². The number of unbranched alkanes of at least 4 members (excludes halogenated alkanes) is 2. The van der Waals surface area contributed by atoms with Crippen molar-refractivity contribution in [1.82, 2.24) is 14.7 Å². The number of rotatable bonds is 10. The first-order chi connectivity index (χ1) is 17.5. The molecule has 0 fully saturated rings. The lowest BCUT2D eigenvalue weighted by Gasteiger charge is -2.22. The average Bonchev–Trinajstić information content (AvgIpc) is 3.29. The third-order valence-electron chi connectivity index (χ3n) is 5.88. The first-order valence-corrected chi connectivity index (χ1v) is 13.1. The zero-order chi connectivity index (χ0) is 27.2. The van der Waals surface area contributed by atoms with Crippen LogP contribution in [0.4, 0.5) is 5.82 Å². The van der Waals surface area contributed by atoms with Gasteiger partial charge in [0.2, 0.25) is 5.91 Å². The molecule has 0 aliphatic heterocycles. The number of nitrogens with zero attached hydrogens (tertiary/aromatic N) is 3. The van der Waals surface area contributed by atoms with E-state index < -0.39 is 0 Å². The predicted molar refractivity (Wildman–Crippen MR) is 149 cm³/mol. The van der Waals surface area contributed by atoms with Crippen molar-refractivity contribution in [2.75, 3.05) is 25.5 Å². The molecule has 1 aromatic heterocycles. The van der Waals surface area contributed by atoms with Crippen molar-refractivity contribution in [3.05, 3.63) is 69.8 Å². The lowest BCUT2D eigenvalue weighted by atomic mass is 9.92. The highest BCUT2D eigenvalue weighted by Gasteiger charge is 2.24. The van der Waals surface area contributed by atoms with Gasteiger partial charge in [-0.25, -0.2) is 4.68 Å². The molecule has 2 amide bonds. The molecule has 0 saturated heterocycles. The topological polar surface area (TPSA) is 76.5 Å². The number of ether oxygens (including phenoxy) is 1. The fraction of sp³-hybridized carbons (Fsp3) is 0.393. The van der Waals surface area contributed by atoms with E-state index in [1.807, 2.05) is 26.8 Å². The minimum Gasteiger partial charge on any atom is -0.497 e. The van der Waals surface area contributed by atoms with E-state index in [2.05, 4.69) is 12.2 Å². The van der Waals surface area contributed by atoms with Gasteiger partial charge in [-0.15, -0.1) is 0 Å². The highest BCUT2D eigenvalue weighted by Crippen LogP contribution is 2.29. The zero-order valence-electron chi connectivity index (χ0n) is 22.0. The number of carbonyl (C=O) groups excluding carboxylic acids is 2. The third kappa shape index (κ3) is 7.49. The summed E-state index contributed by atoms with van der Waals surface area (Å²) in [5, 5.41) is 8.49. The number of halogens is 2. The largest absolute Gasteiger partial charge is 0.497 e. The lowest BCUT2D eigenvalue weighted by molar-refractivity contribution is -0.117. The first kappa shape index (κ1) is 28.5. The molecule has 0 spiro atoms. The summed E-state index contributed by atoms with van der Waals surface area (Å²) in [5.41, 5.74) is 1.70. The molecule has 0 aliphatic carbocycles. The van der Waals surface area contributed by atoms with Crippen molar-refractivity contribution in [2.24, 2.45) is 0 Å². The summed E-state index contributed by atoms with van der Waals surface area (Å²) in [6.07, 6.45) is 2.78. The second-order valence-corrected chi connectivity index (χ2v) is 10.7. The van der Waals surface area contributed by atoms with Crippen LogP contribution in [0.25, 0.3) is 5.69 Å². The van der Waals surface area contributed by atoms with Crippen LogP contribution in [-0.4, -0.2) is 46.7 Å². The van der Waals surface area contributed by atoms with Crippen molar-refractivity contribution in [3.63, 3.8) is 0 Å². The Labute approximate surface area is 228 Å². The standard InChI is InChI=1S/C28H34Cl2N4O3/c1-6-7-8-15-33(27(36)19-9-12-21(37-5)13-10-19)18-26(35)31-25-17-24(28(2,3)4)32-34(25)20-11-14-22(29)23(30)16-20/h9-14,16-17H,6-8,15,18H2,1-5H3,(H,31,35). The van der Waals surface area contributed by atoms with Crippen molar-refractivity contribution < 1.29 is 14.3 Å². The number of amides is 2. The van der Waals surface area contributed by atoms with Gasteiger partial charge in [-0.1, -0.05) is 63.7 Å². The monoisotopic (exact) mass is 544 g/mol. The van der Waals surface area contributed by atoms with Crippen LogP contribution in [0.15, 0.2) is 48.5 Å². The molecule has 0 saturated carbocycles. The number of hydrogen-bond donors (Lipinski definition) is 1. The van der Waals surface area contributed by atoms with Crippen molar-refractivity contribution in [1.29, 1.82) is 0 Å². The van der Waals surface area contributed by atoms with Crippen LogP contribution in [0.3, 0.4) is 0 Å². The average molecular weight is 546 g/mol. The second-order valence-electron chi connectivity index (χ2n) is 9.89. The number of carbonyl (C=O) groups is 2. The Balaban J connectivity index is 1.86. The molecule has 198 valence electrons. The van der Waals surface area contributed by atoms with Crippen molar-refractivity contribution in [3.8, 4) is 11.4 Å². The van der Waals surface area contributed by atoms with Gasteiger partial charge < -0.3 is 15.0 Å². The number of hydrogen-bond acceptors (Lipinski definition) is 4. The molecule has 1 heterocycles. The van der Waals surface area contributed by atoms with E-state index in [0.29, 0.717) is 39.4 Å². The van der Waals surface area contributed by atoms with Gasteiger partial charge >= 0.3 is 0 Å². The van der Waals surface area contributed by atoms with Gasteiger partial charge in [-0.2, -0.15) is 5.10 Å². The number of anilines is 1. The normalized spacial score (nSPS) is 11.3. The molecule has 0 unspecified atom stereocenters. The van der Waals surface area contributed by atoms with Gasteiger partial charge in [0, 0.05) is 23.6 Å². The fourth-order valence-corrected chi connectivity index (χ4v) is 4.02. The van der Waals surface area contributed by atoms with Crippen LogP contribution in [0.1, 0.15) is 63.0 Å². The number of nitrogens with one attached hydrogen (secondary N) is 1. The second kappa shape index (κ2) is 12.5. The summed E-state index contributed by atoms with van der Waals surface area (Å²) >= 11 is 12.3. The molecule has 0 atom stereocenters. The van der Waals surface area contributed by atoms with Crippen molar-refractivity contribution >= 4 is 40.8 Å². The van der Waals surface area contributed by atoms with Gasteiger partial charge in [0.05, 0.1) is 28.5 Å². The van der Waals surface area contributed by atoms with E-state index in [0.717, 1.165) is 25.0 Å². The summed E-state index contributed by atoms with van der Waals surface area (Å²) in [6, 6.07) is 13.9. The molecule has 0 aliphatic rings. The Morgan fingerprint density at radius 3 is 2.32 bits per heavy atom. The molecular weight excluding hydrogens is 511 g/mol. The summed E-state index contributed by atoms with van der Waals surface area (Å²) in [4.78, 5) is 28.1. The number of aromatic nitrogens is 2. The Morgan fingerprint density at radius 1 is 1.03 bits per heavy atom. The highest BCUT2D eigenvalue weighted by molar-refractivity contribution is 6.42. The van der Waals surface area contributed by atoms with Gasteiger partial charge in [0.25, 0.3) is 5.91 Å². The van der Waals surface area contributed by atoms with E-state index in [1.165, 1.54) is 0 Å². The summed E-state index contributed by atoms with van der Waals surface area (Å²) < 4.78 is 6.83. The lowest BCUT2D eigenvalue weighted by Crippen LogP contribution is -2.39. The van der Waals surface area contributed by atoms with Gasteiger partial charge in [-0.05, 0) is 48.9 Å². The Kier molecular flexibility index (Phi) is 9.62. The van der Waals surface area contributed by atoms with E-state index in [9.17, 15) is 9.59 Å². The molecule has 3 rings (SSSR count). The van der Waals surface area contributed by atoms with Crippen LogP contribution in [-0.2, 0) is 10.2 Å². The molecule has 37 heavy (non-hydrogen) atoms. The Hall–Kier alpha value is -3.03. The Morgan fingerprint density at radius 2 is 1.73 bits per heavy atom. The zero-order valence-corrected chi connectivity index (χ0v) is 23.5. The number of benzene rings is 2. The van der Waals surface area contributed by atoms with Crippen LogP contribution in [0.5, 0.6) is 5.75 Å². The summed E-state index contributed by atoms with van der Waals surface area (Å²) in [7, 11) is 1.58. The van der Waals surface area contributed by atoms with E-state index in [4.69, 9.17) is 33.0 Å². The molecule has 3 aromatic rings. The SMILES string of the molecule is CCCCCN(CC(=O)Nc1cc(C(C)(C)C)nn1-c1ccc(Cl)c(Cl)c1)C(=O)c1ccc(OC)cc1. The molecular formula is C28H34Cl2N4O3. The molecule has 9 heteroatoms. The van der Waals surface area contributed by atoms with Crippen LogP contribution < -0.4 is 10.1 Å². The van der Waals surface area contributed by atoms with Gasteiger partial charge in [0.1, 0.15) is 18.1 Å². The quantitative estimate of drug-likeness (QED) is 0.286. The summed E-state index contributed by atoms with van der Waals surface area (Å²) in [6.45, 7) is 8.62. The van der Waals surface area contributed by atoms with E-state index in [1.54, 1.807) is 59.2 Å². The molecule has 7 nitrogen and oxygen atoms in total.